The molecule has 2 rings (SSSR count). The van der Waals surface area contributed by atoms with Crippen LogP contribution in [0.5, 0.6) is 0 Å². The molecule has 2 heterocycles. The van der Waals surface area contributed by atoms with Gasteiger partial charge in [-0.3, -0.25) is 0 Å². The van der Waals surface area contributed by atoms with E-state index in [9.17, 15) is 18.4 Å². The smallest absolute Gasteiger partial charge is 0.410 e. The molecule has 168 valence electrons. The summed E-state index contributed by atoms with van der Waals surface area (Å²) in [7, 11) is 0. The molecule has 2 amide bonds. The number of nitrogens with one attached hydrogen (secondary N) is 1. The first kappa shape index (κ1) is 23.6. The molecule has 29 heavy (non-hydrogen) atoms. The fraction of sp³-hybridized carbons (Fsp3) is 0.900. The molecule has 9 heteroatoms. The van der Waals surface area contributed by atoms with E-state index in [1.807, 2.05) is 20.8 Å². The Hall–Kier alpha value is -1.64. The van der Waals surface area contributed by atoms with Crippen LogP contribution in [0.1, 0.15) is 60.8 Å². The molecule has 0 bridgehead atoms. The van der Waals surface area contributed by atoms with E-state index in [1.54, 1.807) is 25.7 Å². The molecule has 0 radical (unpaired) electrons. The van der Waals surface area contributed by atoms with Crippen LogP contribution >= 0.6 is 0 Å². The number of piperidine rings is 2. The molecule has 2 saturated heterocycles. The Bertz CT molecular complexity index is 594. The molecule has 0 aromatic rings. The third kappa shape index (κ3) is 7.28. The number of carbonyl (C=O) groups is 2. The molecule has 7 nitrogen and oxygen atoms in total. The average molecular weight is 420 g/mol. The quantitative estimate of drug-likeness (QED) is 0.740. The maximum Gasteiger partial charge on any atom is 0.410 e. The van der Waals surface area contributed by atoms with Crippen LogP contribution in [0.4, 0.5) is 18.4 Å². The van der Waals surface area contributed by atoms with Crippen molar-refractivity contribution in [1.29, 1.82) is 0 Å². The summed E-state index contributed by atoms with van der Waals surface area (Å²) in [6, 6.07) is -1.10. The molecule has 0 aliphatic carbocycles. The first-order valence-corrected chi connectivity index (χ1v) is 10.3. The third-order valence-corrected chi connectivity index (χ3v) is 4.83. The van der Waals surface area contributed by atoms with Gasteiger partial charge in [-0.05, 0) is 60.8 Å². The van der Waals surface area contributed by atoms with Crippen LogP contribution in [-0.2, 0) is 9.47 Å². The van der Waals surface area contributed by atoms with Crippen LogP contribution in [0.3, 0.4) is 0 Å². The maximum atomic E-state index is 14.7. The van der Waals surface area contributed by atoms with Crippen molar-refractivity contribution < 1.29 is 27.8 Å². The number of hydrogen-bond donors (Lipinski definition) is 1. The minimum Gasteiger partial charge on any atom is -0.444 e. The van der Waals surface area contributed by atoms with Crippen molar-refractivity contribution in [1.82, 2.24) is 15.1 Å². The van der Waals surface area contributed by atoms with E-state index in [1.165, 1.54) is 0 Å². The molecule has 0 saturated carbocycles. The van der Waals surface area contributed by atoms with Gasteiger partial charge in [-0.1, -0.05) is 0 Å². The number of alkyl halides is 2. The van der Waals surface area contributed by atoms with Gasteiger partial charge in [0.1, 0.15) is 11.2 Å². The topological polar surface area (TPSA) is 71.1 Å². The fourth-order valence-corrected chi connectivity index (χ4v) is 3.47. The summed E-state index contributed by atoms with van der Waals surface area (Å²) in [6.07, 6.45) is 0.245. The standard InChI is InChI=1S/C20H35F2N3O4/c1-18(2,3)28-16(26)24-10-7-14(8-11-24)23-15-9-12-25(13-20(15,21)22)17(27)29-19(4,5)6/h14-15,23H,7-13H2,1-6H3/t15-/m0/s1. The fourth-order valence-electron chi connectivity index (χ4n) is 3.47. The number of halogens is 2. The van der Waals surface area contributed by atoms with Crippen LogP contribution in [0.15, 0.2) is 0 Å². The van der Waals surface area contributed by atoms with Crippen molar-refractivity contribution in [3.05, 3.63) is 0 Å². The van der Waals surface area contributed by atoms with Gasteiger partial charge in [0.25, 0.3) is 5.92 Å². The predicted octanol–water partition coefficient (Wildman–Crippen LogP) is 3.62. The summed E-state index contributed by atoms with van der Waals surface area (Å²) in [5.74, 6) is -3.04. The summed E-state index contributed by atoms with van der Waals surface area (Å²) < 4.78 is 39.9. The molecule has 2 fully saturated rings. The van der Waals surface area contributed by atoms with Gasteiger partial charge in [0.2, 0.25) is 0 Å². The van der Waals surface area contributed by atoms with Gasteiger partial charge < -0.3 is 24.6 Å². The van der Waals surface area contributed by atoms with Gasteiger partial charge in [0.05, 0.1) is 12.6 Å². The summed E-state index contributed by atoms with van der Waals surface area (Å²) >= 11 is 0. The van der Waals surface area contributed by atoms with Crippen molar-refractivity contribution >= 4 is 12.2 Å². The number of carbonyl (C=O) groups excluding carboxylic acids is 2. The van der Waals surface area contributed by atoms with Gasteiger partial charge in [-0.15, -0.1) is 0 Å². The lowest BCUT2D eigenvalue weighted by Gasteiger charge is -2.42. The SMILES string of the molecule is CC(C)(C)OC(=O)N1CCC(N[C@H]2CCN(C(=O)OC(C)(C)C)CC2(F)F)CC1. The monoisotopic (exact) mass is 419 g/mol. The van der Waals surface area contributed by atoms with Crippen molar-refractivity contribution in [2.24, 2.45) is 0 Å². The van der Waals surface area contributed by atoms with Gasteiger partial charge >= 0.3 is 12.2 Å². The Balaban J connectivity index is 1.83. The third-order valence-electron chi connectivity index (χ3n) is 4.83. The van der Waals surface area contributed by atoms with Crippen LogP contribution in [0.2, 0.25) is 0 Å². The van der Waals surface area contributed by atoms with Crippen LogP contribution in [0, 0.1) is 0 Å². The van der Waals surface area contributed by atoms with Crippen molar-refractivity contribution in [3.8, 4) is 0 Å². The van der Waals surface area contributed by atoms with E-state index in [2.05, 4.69) is 5.32 Å². The molecular weight excluding hydrogens is 384 g/mol. The highest BCUT2D eigenvalue weighted by Crippen LogP contribution is 2.30. The Labute approximate surface area is 172 Å². The molecule has 1 atom stereocenters. The second-order valence-electron chi connectivity index (χ2n) is 9.91. The number of nitrogens with zero attached hydrogens (tertiary/aromatic N) is 2. The molecule has 0 unspecified atom stereocenters. The second-order valence-corrected chi connectivity index (χ2v) is 9.91. The molecule has 0 aromatic heterocycles. The van der Waals surface area contributed by atoms with Crippen molar-refractivity contribution in [2.45, 2.75) is 90.0 Å². The molecule has 0 spiro atoms. The Morgan fingerprint density at radius 1 is 0.862 bits per heavy atom. The van der Waals surface area contributed by atoms with E-state index in [0.29, 0.717) is 25.9 Å². The lowest BCUT2D eigenvalue weighted by atomic mass is 9.97. The largest absolute Gasteiger partial charge is 0.444 e. The number of likely N-dealkylation sites (tertiary alicyclic amines) is 2. The highest BCUT2D eigenvalue weighted by molar-refractivity contribution is 5.68. The first-order chi connectivity index (χ1) is 13.2. The molecular formula is C20H35F2N3O4. The van der Waals surface area contributed by atoms with Gasteiger partial charge in [0, 0.05) is 25.7 Å². The molecule has 2 aliphatic heterocycles. The lowest BCUT2D eigenvalue weighted by molar-refractivity contribution is -0.0949. The second kappa shape index (κ2) is 8.62. The van der Waals surface area contributed by atoms with Crippen molar-refractivity contribution in [2.75, 3.05) is 26.2 Å². The number of hydrogen-bond acceptors (Lipinski definition) is 5. The number of rotatable bonds is 2. The van der Waals surface area contributed by atoms with E-state index >= 15 is 0 Å². The van der Waals surface area contributed by atoms with Gasteiger partial charge in [-0.25, -0.2) is 18.4 Å². The zero-order valence-corrected chi connectivity index (χ0v) is 18.4. The van der Waals surface area contributed by atoms with Gasteiger partial charge in [-0.2, -0.15) is 0 Å². The van der Waals surface area contributed by atoms with Crippen LogP contribution in [-0.4, -0.2) is 77.4 Å². The maximum absolute atomic E-state index is 14.7. The predicted molar refractivity (Wildman–Crippen MR) is 105 cm³/mol. The zero-order chi connectivity index (χ0) is 22.0. The summed E-state index contributed by atoms with van der Waals surface area (Å²) in [5, 5.41) is 3.06. The Morgan fingerprint density at radius 3 is 1.76 bits per heavy atom. The van der Waals surface area contributed by atoms with Crippen molar-refractivity contribution in [3.63, 3.8) is 0 Å². The van der Waals surface area contributed by atoms with E-state index in [0.717, 1.165) is 4.90 Å². The molecule has 2 aliphatic rings. The molecule has 0 aromatic carbocycles. The zero-order valence-electron chi connectivity index (χ0n) is 18.4. The lowest BCUT2D eigenvalue weighted by Crippen LogP contribution is -2.61. The van der Waals surface area contributed by atoms with Crippen LogP contribution < -0.4 is 5.32 Å². The summed E-state index contributed by atoms with van der Waals surface area (Å²) in [5.41, 5.74) is -1.28. The minimum atomic E-state index is -3.04. The normalized spacial score (nSPS) is 23.7. The number of amides is 2. The Kier molecular flexibility index (Phi) is 7.02. The highest BCUT2D eigenvalue weighted by Gasteiger charge is 2.47. The van der Waals surface area contributed by atoms with E-state index in [4.69, 9.17) is 9.47 Å². The van der Waals surface area contributed by atoms with E-state index < -0.39 is 35.8 Å². The van der Waals surface area contributed by atoms with E-state index in [-0.39, 0.29) is 25.1 Å². The Morgan fingerprint density at radius 2 is 1.31 bits per heavy atom. The van der Waals surface area contributed by atoms with Gasteiger partial charge in [0.15, 0.2) is 0 Å². The minimum absolute atomic E-state index is 0.0994. The highest BCUT2D eigenvalue weighted by atomic mass is 19.3. The number of ether oxygens (including phenoxy) is 2. The summed E-state index contributed by atoms with van der Waals surface area (Å²) in [6.45, 7) is 11.1. The molecule has 1 N–H and O–H groups in total. The average Bonchev–Trinajstić information content (AvgIpc) is 2.53. The summed E-state index contributed by atoms with van der Waals surface area (Å²) in [4.78, 5) is 26.9. The van der Waals surface area contributed by atoms with Crippen LogP contribution in [0.25, 0.3) is 0 Å². The first-order valence-electron chi connectivity index (χ1n) is 10.3.